The van der Waals surface area contributed by atoms with Gasteiger partial charge in [-0.1, -0.05) is 84.9 Å². The first-order valence-electron chi connectivity index (χ1n) is 13.1. The highest BCUT2D eigenvalue weighted by Gasteiger charge is 2.16. The van der Waals surface area contributed by atoms with Crippen molar-refractivity contribution in [2.24, 2.45) is 0 Å². The molecule has 182 valence electrons. The lowest BCUT2D eigenvalue weighted by Gasteiger charge is -2.12. The zero-order valence-electron chi connectivity index (χ0n) is 21.5. The average Bonchev–Trinajstić information content (AvgIpc) is 3.47. The van der Waals surface area contributed by atoms with Crippen molar-refractivity contribution in [2.75, 3.05) is 0 Å². The third-order valence-electron chi connectivity index (χ3n) is 7.46. The number of hydrogen-bond donors (Lipinski definition) is 0. The van der Waals surface area contributed by atoms with E-state index in [0.29, 0.717) is 0 Å². The maximum absolute atomic E-state index is 2.37. The summed E-state index contributed by atoms with van der Waals surface area (Å²) in [6.07, 6.45) is 4.38. The molecule has 7 rings (SSSR count). The topological polar surface area (TPSA) is 4.93 Å². The van der Waals surface area contributed by atoms with Crippen molar-refractivity contribution < 1.29 is 0 Å². The zero-order valence-corrected chi connectivity index (χ0v) is 22.3. The number of fused-ring (bicyclic) bond motifs is 4. The van der Waals surface area contributed by atoms with Gasteiger partial charge < -0.3 is 4.57 Å². The Kier molecular flexibility index (Phi) is 5.49. The monoisotopic (exact) mass is 505 g/mol. The maximum Gasteiger partial charge on any atom is 0.0541 e. The van der Waals surface area contributed by atoms with Gasteiger partial charge in [0, 0.05) is 37.0 Å². The summed E-state index contributed by atoms with van der Waals surface area (Å²) in [5, 5.41) is 3.89. The number of rotatable bonds is 4. The minimum atomic E-state index is 1.18. The molecule has 0 aliphatic rings. The predicted octanol–water partition coefficient (Wildman–Crippen LogP) is 10.7. The van der Waals surface area contributed by atoms with Crippen molar-refractivity contribution in [2.45, 2.75) is 13.8 Å². The molecule has 0 aliphatic heterocycles. The Hall–Kier alpha value is -4.40. The third kappa shape index (κ3) is 3.60. The van der Waals surface area contributed by atoms with E-state index >= 15 is 0 Å². The standard InChI is InChI=1S/C36H27NS/c1-3-11-27-22-25(18-20-29(27)36-24(2)38-35-17-10-8-15-31(35)36)26-19-21-34-32(23-26)30-14-7-9-16-33(30)37(34)28-12-5-4-6-13-28/h3-23H,1-2H3/b11-3+. The molecule has 5 aromatic carbocycles. The minimum absolute atomic E-state index is 1.18. The number of nitrogens with zero attached hydrogens (tertiary/aromatic N) is 1. The van der Waals surface area contributed by atoms with Gasteiger partial charge in [0.15, 0.2) is 0 Å². The Balaban J connectivity index is 1.42. The van der Waals surface area contributed by atoms with E-state index < -0.39 is 0 Å². The van der Waals surface area contributed by atoms with Gasteiger partial charge in [0.05, 0.1) is 11.0 Å². The summed E-state index contributed by atoms with van der Waals surface area (Å²) in [6.45, 7) is 4.34. The molecule has 0 saturated carbocycles. The van der Waals surface area contributed by atoms with Gasteiger partial charge in [-0.2, -0.15) is 0 Å². The second-order valence-corrected chi connectivity index (χ2v) is 11.0. The van der Waals surface area contributed by atoms with E-state index in [0.717, 1.165) is 0 Å². The lowest BCUT2D eigenvalue weighted by molar-refractivity contribution is 1.18. The summed E-state index contributed by atoms with van der Waals surface area (Å²) in [5.41, 5.74) is 10.0. The Morgan fingerprint density at radius 2 is 1.32 bits per heavy atom. The molecule has 2 aromatic heterocycles. The number of aromatic nitrogens is 1. The summed E-state index contributed by atoms with van der Waals surface area (Å²) < 4.78 is 3.71. The van der Waals surface area contributed by atoms with Crippen LogP contribution in [0.15, 0.2) is 121 Å². The smallest absolute Gasteiger partial charge is 0.0541 e. The van der Waals surface area contributed by atoms with E-state index in [1.165, 1.54) is 70.3 Å². The van der Waals surface area contributed by atoms with Crippen molar-refractivity contribution in [3.8, 4) is 27.9 Å². The first-order chi connectivity index (χ1) is 18.7. The van der Waals surface area contributed by atoms with Crippen molar-refractivity contribution in [1.82, 2.24) is 4.57 Å². The van der Waals surface area contributed by atoms with Crippen LogP contribution < -0.4 is 0 Å². The Labute approximate surface area is 226 Å². The summed E-state index contributed by atoms with van der Waals surface area (Å²) in [5.74, 6) is 0. The minimum Gasteiger partial charge on any atom is -0.309 e. The Morgan fingerprint density at radius 1 is 0.632 bits per heavy atom. The molecule has 0 amide bonds. The normalized spacial score (nSPS) is 11.8. The molecule has 38 heavy (non-hydrogen) atoms. The highest BCUT2D eigenvalue weighted by molar-refractivity contribution is 7.19. The fourth-order valence-corrected chi connectivity index (χ4v) is 6.88. The van der Waals surface area contributed by atoms with Crippen LogP contribution in [0.4, 0.5) is 0 Å². The molecule has 0 aliphatic carbocycles. The molecule has 0 spiro atoms. The largest absolute Gasteiger partial charge is 0.309 e. The molecule has 7 aromatic rings. The number of allylic oxidation sites excluding steroid dienone is 1. The van der Waals surface area contributed by atoms with Crippen LogP contribution in [0.5, 0.6) is 0 Å². The molecule has 0 N–H and O–H groups in total. The van der Waals surface area contributed by atoms with Crippen molar-refractivity contribution in [3.05, 3.63) is 132 Å². The number of benzene rings is 5. The second-order valence-electron chi connectivity index (χ2n) is 9.75. The van der Waals surface area contributed by atoms with Gasteiger partial charge >= 0.3 is 0 Å². The van der Waals surface area contributed by atoms with Crippen LogP contribution >= 0.6 is 11.3 Å². The van der Waals surface area contributed by atoms with Gasteiger partial charge in [0.2, 0.25) is 0 Å². The quantitative estimate of drug-likeness (QED) is 0.224. The van der Waals surface area contributed by atoms with E-state index in [1.54, 1.807) is 0 Å². The van der Waals surface area contributed by atoms with Crippen molar-refractivity contribution >= 4 is 49.3 Å². The number of thiophene rings is 1. The van der Waals surface area contributed by atoms with E-state index in [2.05, 4.69) is 146 Å². The second kappa shape index (κ2) is 9.16. The van der Waals surface area contributed by atoms with Crippen molar-refractivity contribution in [3.63, 3.8) is 0 Å². The van der Waals surface area contributed by atoms with E-state index in [1.807, 2.05) is 11.3 Å². The molecule has 0 atom stereocenters. The average molecular weight is 506 g/mol. The van der Waals surface area contributed by atoms with Gasteiger partial charge in [0.1, 0.15) is 0 Å². The number of hydrogen-bond acceptors (Lipinski definition) is 1. The van der Waals surface area contributed by atoms with Crippen LogP contribution in [0.3, 0.4) is 0 Å². The SMILES string of the molecule is C/C=C/c1cc(-c2ccc3c(c2)c2ccccc2n3-c2ccccc2)ccc1-c1c(C)sc2ccccc12. The molecular formula is C36H27NS. The molecule has 0 unspecified atom stereocenters. The van der Waals surface area contributed by atoms with Gasteiger partial charge in [0.25, 0.3) is 0 Å². The Morgan fingerprint density at radius 3 is 2.16 bits per heavy atom. The van der Waals surface area contributed by atoms with Crippen LogP contribution in [0.25, 0.3) is 65.9 Å². The van der Waals surface area contributed by atoms with Crippen LogP contribution in [0.2, 0.25) is 0 Å². The van der Waals surface area contributed by atoms with E-state index in [9.17, 15) is 0 Å². The summed E-state index contributed by atoms with van der Waals surface area (Å²) in [6, 6.07) is 41.9. The lowest BCUT2D eigenvalue weighted by Crippen LogP contribution is -1.92. The van der Waals surface area contributed by atoms with E-state index in [-0.39, 0.29) is 0 Å². The molecule has 0 radical (unpaired) electrons. The highest BCUT2D eigenvalue weighted by atomic mass is 32.1. The lowest BCUT2D eigenvalue weighted by atomic mass is 9.93. The molecule has 0 saturated heterocycles. The van der Waals surface area contributed by atoms with Crippen LogP contribution in [-0.2, 0) is 0 Å². The first kappa shape index (κ1) is 22.8. The number of para-hydroxylation sites is 2. The number of aryl methyl sites for hydroxylation is 1. The molecule has 2 heterocycles. The molecule has 2 heteroatoms. The summed E-state index contributed by atoms with van der Waals surface area (Å²) in [7, 11) is 0. The van der Waals surface area contributed by atoms with Crippen molar-refractivity contribution in [1.29, 1.82) is 0 Å². The Bertz CT molecular complexity index is 1990. The van der Waals surface area contributed by atoms with Crippen LogP contribution in [0.1, 0.15) is 17.4 Å². The highest BCUT2D eigenvalue weighted by Crippen LogP contribution is 2.42. The van der Waals surface area contributed by atoms with Crippen LogP contribution in [0, 0.1) is 6.92 Å². The summed E-state index contributed by atoms with van der Waals surface area (Å²) >= 11 is 1.88. The summed E-state index contributed by atoms with van der Waals surface area (Å²) in [4.78, 5) is 1.36. The molecule has 1 nitrogen and oxygen atoms in total. The van der Waals surface area contributed by atoms with Crippen LogP contribution in [-0.4, -0.2) is 4.57 Å². The first-order valence-corrected chi connectivity index (χ1v) is 13.9. The predicted molar refractivity (Wildman–Crippen MR) is 166 cm³/mol. The third-order valence-corrected chi connectivity index (χ3v) is 8.55. The van der Waals surface area contributed by atoms with Gasteiger partial charge in [-0.25, -0.2) is 0 Å². The maximum atomic E-state index is 2.37. The fourth-order valence-electron chi connectivity index (χ4n) is 5.80. The zero-order chi connectivity index (χ0) is 25.6. The van der Waals surface area contributed by atoms with Gasteiger partial charge in [-0.05, 0) is 78.6 Å². The van der Waals surface area contributed by atoms with E-state index in [4.69, 9.17) is 0 Å². The molecule has 0 fully saturated rings. The molecular weight excluding hydrogens is 478 g/mol. The fraction of sp³-hybridized carbons (Fsp3) is 0.0556. The molecule has 0 bridgehead atoms. The van der Waals surface area contributed by atoms with Gasteiger partial charge in [-0.15, -0.1) is 11.3 Å². The van der Waals surface area contributed by atoms with Gasteiger partial charge in [-0.3, -0.25) is 0 Å².